The molecule has 170 valence electrons. The third-order valence-corrected chi connectivity index (χ3v) is 5.99. The van der Waals surface area contributed by atoms with Gasteiger partial charge in [-0.25, -0.2) is 17.2 Å². The first-order valence-electron chi connectivity index (χ1n) is 9.56. The molecule has 0 saturated carbocycles. The smallest absolute Gasteiger partial charge is 0.246 e. The standard InChI is InChI=1S/C21H22F2N4O4S/c1-13-5-7-15(8-6-13)20-24-19(31-25-20)12-26(3)21(28)14(2)27(32(4,29)30)16-9-10-17(22)18(23)11-16/h5-11,14H,12H2,1-4H3. The summed E-state index contributed by atoms with van der Waals surface area (Å²) >= 11 is 0. The number of rotatable bonds is 7. The van der Waals surface area contributed by atoms with Crippen LogP contribution in [0.2, 0.25) is 0 Å². The van der Waals surface area contributed by atoms with Gasteiger partial charge in [-0.05, 0) is 26.0 Å². The lowest BCUT2D eigenvalue weighted by molar-refractivity contribution is -0.131. The van der Waals surface area contributed by atoms with Gasteiger partial charge >= 0.3 is 0 Å². The molecule has 0 saturated heterocycles. The molecule has 0 N–H and O–H groups in total. The highest BCUT2D eigenvalue weighted by atomic mass is 32.2. The number of aromatic nitrogens is 2. The summed E-state index contributed by atoms with van der Waals surface area (Å²) in [6.45, 7) is 3.23. The zero-order valence-electron chi connectivity index (χ0n) is 17.9. The number of halogens is 2. The molecule has 0 bridgehead atoms. The maximum atomic E-state index is 13.7. The highest BCUT2D eigenvalue weighted by Crippen LogP contribution is 2.24. The van der Waals surface area contributed by atoms with E-state index in [1.807, 2.05) is 31.2 Å². The Kier molecular flexibility index (Phi) is 6.58. The first kappa shape index (κ1) is 23.3. The van der Waals surface area contributed by atoms with Gasteiger partial charge in [-0.3, -0.25) is 9.10 Å². The van der Waals surface area contributed by atoms with E-state index in [4.69, 9.17) is 4.52 Å². The van der Waals surface area contributed by atoms with Crippen molar-refractivity contribution in [2.75, 3.05) is 17.6 Å². The fourth-order valence-electron chi connectivity index (χ4n) is 3.16. The third kappa shape index (κ3) is 5.10. The molecule has 0 aliphatic rings. The second-order valence-corrected chi connectivity index (χ2v) is 9.26. The number of amides is 1. The van der Waals surface area contributed by atoms with E-state index in [2.05, 4.69) is 10.1 Å². The molecule has 32 heavy (non-hydrogen) atoms. The zero-order valence-corrected chi connectivity index (χ0v) is 18.7. The zero-order chi connectivity index (χ0) is 23.6. The summed E-state index contributed by atoms with van der Waals surface area (Å²) in [6.07, 6.45) is 0.879. The maximum absolute atomic E-state index is 13.7. The van der Waals surface area contributed by atoms with Gasteiger partial charge < -0.3 is 9.42 Å². The van der Waals surface area contributed by atoms with Crippen molar-refractivity contribution in [3.05, 3.63) is 65.6 Å². The minimum absolute atomic E-state index is 0.0720. The number of carbonyl (C=O) groups is 1. The molecular weight excluding hydrogens is 442 g/mol. The largest absolute Gasteiger partial charge is 0.337 e. The summed E-state index contributed by atoms with van der Waals surface area (Å²) in [4.78, 5) is 18.4. The molecule has 2 aromatic carbocycles. The quantitative estimate of drug-likeness (QED) is 0.533. The lowest BCUT2D eigenvalue weighted by Gasteiger charge is -2.30. The Hall–Kier alpha value is -3.34. The van der Waals surface area contributed by atoms with Crippen LogP contribution >= 0.6 is 0 Å². The fourth-order valence-corrected chi connectivity index (χ4v) is 4.32. The third-order valence-electron chi connectivity index (χ3n) is 4.75. The number of hydrogen-bond acceptors (Lipinski definition) is 6. The molecule has 0 aliphatic heterocycles. The van der Waals surface area contributed by atoms with Crippen LogP contribution in [0.1, 0.15) is 18.4 Å². The van der Waals surface area contributed by atoms with E-state index >= 15 is 0 Å². The summed E-state index contributed by atoms with van der Waals surface area (Å²) in [5, 5.41) is 3.91. The molecule has 0 fully saturated rings. The monoisotopic (exact) mass is 464 g/mol. The average molecular weight is 464 g/mol. The lowest BCUT2D eigenvalue weighted by atomic mass is 10.1. The normalized spacial score (nSPS) is 12.4. The number of anilines is 1. The van der Waals surface area contributed by atoms with E-state index in [0.717, 1.165) is 39.9 Å². The van der Waals surface area contributed by atoms with Crippen molar-refractivity contribution in [1.82, 2.24) is 15.0 Å². The Labute approximate surface area is 184 Å². The van der Waals surface area contributed by atoms with Gasteiger partial charge in [0, 0.05) is 18.7 Å². The second-order valence-electron chi connectivity index (χ2n) is 7.41. The van der Waals surface area contributed by atoms with Gasteiger partial charge in [-0.2, -0.15) is 4.98 Å². The van der Waals surface area contributed by atoms with Crippen LogP contribution in [-0.4, -0.2) is 48.7 Å². The van der Waals surface area contributed by atoms with Crippen molar-refractivity contribution in [3.8, 4) is 11.4 Å². The molecule has 8 nitrogen and oxygen atoms in total. The van der Waals surface area contributed by atoms with Crippen molar-refractivity contribution >= 4 is 21.6 Å². The van der Waals surface area contributed by atoms with Gasteiger partial charge in [0.1, 0.15) is 6.04 Å². The molecule has 1 amide bonds. The number of carbonyl (C=O) groups excluding carboxylic acids is 1. The molecule has 1 aromatic heterocycles. The summed E-state index contributed by atoms with van der Waals surface area (Å²) < 4.78 is 57.6. The Morgan fingerprint density at radius 3 is 2.38 bits per heavy atom. The molecule has 3 rings (SSSR count). The van der Waals surface area contributed by atoms with E-state index in [1.165, 1.54) is 18.9 Å². The van der Waals surface area contributed by atoms with Crippen LogP contribution in [0.3, 0.4) is 0 Å². The minimum Gasteiger partial charge on any atom is -0.337 e. The average Bonchev–Trinajstić information content (AvgIpc) is 3.18. The van der Waals surface area contributed by atoms with Crippen LogP contribution in [0.4, 0.5) is 14.5 Å². The fraction of sp³-hybridized carbons (Fsp3) is 0.286. The number of aryl methyl sites for hydroxylation is 1. The van der Waals surface area contributed by atoms with Gasteiger partial charge in [0.25, 0.3) is 0 Å². The van der Waals surface area contributed by atoms with Crippen molar-refractivity contribution in [3.63, 3.8) is 0 Å². The number of nitrogens with zero attached hydrogens (tertiary/aromatic N) is 4. The van der Waals surface area contributed by atoms with Crippen molar-refractivity contribution < 1.29 is 26.5 Å². The SMILES string of the molecule is Cc1ccc(-c2noc(CN(C)C(=O)C(C)N(c3ccc(F)c(F)c3)S(C)(=O)=O)n2)cc1. The van der Waals surface area contributed by atoms with E-state index in [0.29, 0.717) is 5.82 Å². The highest BCUT2D eigenvalue weighted by molar-refractivity contribution is 7.92. The number of likely N-dealkylation sites (N-methyl/N-ethyl adjacent to an activating group) is 1. The summed E-state index contributed by atoms with van der Waals surface area (Å²) in [6, 6.07) is 8.87. The molecule has 0 aliphatic carbocycles. The van der Waals surface area contributed by atoms with Gasteiger partial charge in [0.15, 0.2) is 11.6 Å². The van der Waals surface area contributed by atoms with Crippen LogP contribution < -0.4 is 4.31 Å². The van der Waals surface area contributed by atoms with E-state index in [9.17, 15) is 22.0 Å². The summed E-state index contributed by atoms with van der Waals surface area (Å²) in [5.74, 6) is -2.44. The van der Waals surface area contributed by atoms with Crippen molar-refractivity contribution in [1.29, 1.82) is 0 Å². The van der Waals surface area contributed by atoms with E-state index in [-0.39, 0.29) is 18.1 Å². The Bertz CT molecular complexity index is 1230. The van der Waals surface area contributed by atoms with Gasteiger partial charge in [-0.15, -0.1) is 0 Å². The topological polar surface area (TPSA) is 96.6 Å². The molecule has 3 aromatic rings. The van der Waals surface area contributed by atoms with Gasteiger partial charge in [0.05, 0.1) is 18.5 Å². The first-order valence-corrected chi connectivity index (χ1v) is 11.4. The summed E-state index contributed by atoms with van der Waals surface area (Å²) in [5.41, 5.74) is 1.66. The van der Waals surface area contributed by atoms with Crippen LogP contribution in [0.25, 0.3) is 11.4 Å². The maximum Gasteiger partial charge on any atom is 0.246 e. The molecule has 0 spiro atoms. The minimum atomic E-state index is -3.99. The van der Waals surface area contributed by atoms with Crippen LogP contribution in [0.5, 0.6) is 0 Å². The second kappa shape index (κ2) is 9.03. The predicted molar refractivity (Wildman–Crippen MR) is 114 cm³/mol. The van der Waals surface area contributed by atoms with E-state index < -0.39 is 33.6 Å². The number of hydrogen-bond donors (Lipinski definition) is 0. The number of sulfonamides is 1. The lowest BCUT2D eigenvalue weighted by Crippen LogP contribution is -2.48. The molecule has 1 heterocycles. The highest BCUT2D eigenvalue weighted by Gasteiger charge is 2.32. The van der Waals surface area contributed by atoms with Crippen LogP contribution in [0.15, 0.2) is 47.0 Å². The van der Waals surface area contributed by atoms with Crippen molar-refractivity contribution in [2.45, 2.75) is 26.4 Å². The van der Waals surface area contributed by atoms with Crippen LogP contribution in [0, 0.1) is 18.6 Å². The first-order chi connectivity index (χ1) is 15.0. The molecule has 0 radical (unpaired) electrons. The summed E-state index contributed by atoms with van der Waals surface area (Å²) in [7, 11) is -2.54. The Morgan fingerprint density at radius 1 is 1.12 bits per heavy atom. The molecular formula is C21H22F2N4O4S. The molecule has 1 unspecified atom stereocenters. The van der Waals surface area contributed by atoms with Crippen LogP contribution in [-0.2, 0) is 21.4 Å². The Morgan fingerprint density at radius 2 is 1.78 bits per heavy atom. The molecule has 1 atom stereocenters. The predicted octanol–water partition coefficient (Wildman–Crippen LogP) is 3.14. The van der Waals surface area contributed by atoms with Crippen molar-refractivity contribution in [2.24, 2.45) is 0 Å². The Balaban J connectivity index is 1.79. The van der Waals surface area contributed by atoms with E-state index in [1.54, 1.807) is 0 Å². The van der Waals surface area contributed by atoms with Gasteiger partial charge in [-0.1, -0.05) is 35.0 Å². The molecule has 11 heteroatoms. The van der Waals surface area contributed by atoms with Gasteiger partial charge in [0.2, 0.25) is 27.6 Å². The number of benzene rings is 2.